The molecule has 0 bridgehead atoms. The maximum Gasteiger partial charge on any atom is 0.245 e. The number of piperazine rings is 1. The van der Waals surface area contributed by atoms with Crippen LogP contribution in [0.25, 0.3) is 0 Å². The molecule has 0 spiro atoms. The van der Waals surface area contributed by atoms with Crippen molar-refractivity contribution in [3.63, 3.8) is 0 Å². The molecule has 1 aliphatic heterocycles. The Morgan fingerprint density at radius 2 is 1.10 bits per heavy atom. The fourth-order valence-corrected chi connectivity index (χ4v) is 3.66. The standard InChI is InChI=1S/C22H40N4O4/c1-7-9-11-19(27)23-17(5)21(29)25-13-16(4)26(14-15(25)3)22(30)18(6)24-20(28)12-10-8-2/h15-18H,7-14H2,1-6H3,(H,23,27)(H,24,28)/t15?,16?,17-,18-/m0/s1. The predicted molar refractivity (Wildman–Crippen MR) is 117 cm³/mol. The molecule has 0 radical (unpaired) electrons. The summed E-state index contributed by atoms with van der Waals surface area (Å²) in [7, 11) is 0. The fraction of sp³-hybridized carbons (Fsp3) is 0.818. The summed E-state index contributed by atoms with van der Waals surface area (Å²) in [5.74, 6) is -0.487. The molecular weight excluding hydrogens is 384 g/mol. The molecule has 0 saturated carbocycles. The third kappa shape index (κ3) is 7.61. The van der Waals surface area contributed by atoms with Crippen LogP contribution in [0.15, 0.2) is 0 Å². The predicted octanol–water partition coefficient (Wildman–Crippen LogP) is 1.82. The summed E-state index contributed by atoms with van der Waals surface area (Å²) >= 11 is 0. The highest BCUT2D eigenvalue weighted by Crippen LogP contribution is 2.18. The number of rotatable bonds is 10. The van der Waals surface area contributed by atoms with Crippen molar-refractivity contribution in [2.75, 3.05) is 13.1 Å². The van der Waals surface area contributed by atoms with Crippen molar-refractivity contribution in [1.29, 1.82) is 0 Å². The van der Waals surface area contributed by atoms with Crippen molar-refractivity contribution in [3.8, 4) is 0 Å². The summed E-state index contributed by atoms with van der Waals surface area (Å²) < 4.78 is 0. The van der Waals surface area contributed by atoms with Crippen LogP contribution in [-0.4, -0.2) is 70.7 Å². The molecule has 0 aliphatic carbocycles. The first-order valence-corrected chi connectivity index (χ1v) is 11.3. The highest BCUT2D eigenvalue weighted by Gasteiger charge is 2.37. The number of nitrogens with zero attached hydrogens (tertiary/aromatic N) is 2. The minimum absolute atomic E-state index is 0.111. The van der Waals surface area contributed by atoms with E-state index >= 15 is 0 Å². The summed E-state index contributed by atoms with van der Waals surface area (Å²) in [5.41, 5.74) is 0. The summed E-state index contributed by atoms with van der Waals surface area (Å²) in [5, 5.41) is 5.56. The largest absolute Gasteiger partial charge is 0.345 e. The van der Waals surface area contributed by atoms with E-state index in [2.05, 4.69) is 10.6 Å². The second-order valence-corrected chi connectivity index (χ2v) is 8.46. The SMILES string of the molecule is CCCCC(=O)N[C@@H](C)C(=O)N1CC(C)N(C(=O)[C@H](C)NC(=O)CCCC)CC1C. The lowest BCUT2D eigenvalue weighted by molar-refractivity contribution is -0.148. The highest BCUT2D eigenvalue weighted by molar-refractivity contribution is 5.89. The zero-order chi connectivity index (χ0) is 22.8. The van der Waals surface area contributed by atoms with Crippen LogP contribution < -0.4 is 10.6 Å². The molecule has 4 amide bonds. The van der Waals surface area contributed by atoms with Crippen LogP contribution in [0.2, 0.25) is 0 Å². The van der Waals surface area contributed by atoms with E-state index in [0.29, 0.717) is 25.9 Å². The Kier molecular flexibility index (Phi) is 10.8. The van der Waals surface area contributed by atoms with Gasteiger partial charge in [0.1, 0.15) is 12.1 Å². The van der Waals surface area contributed by atoms with Gasteiger partial charge in [-0.2, -0.15) is 0 Å². The van der Waals surface area contributed by atoms with Crippen molar-refractivity contribution >= 4 is 23.6 Å². The van der Waals surface area contributed by atoms with E-state index in [4.69, 9.17) is 0 Å². The van der Waals surface area contributed by atoms with Gasteiger partial charge in [-0.05, 0) is 40.5 Å². The van der Waals surface area contributed by atoms with E-state index < -0.39 is 12.1 Å². The number of nitrogens with one attached hydrogen (secondary N) is 2. The van der Waals surface area contributed by atoms with Crippen molar-refractivity contribution in [2.45, 2.75) is 104 Å². The van der Waals surface area contributed by atoms with Gasteiger partial charge in [0.2, 0.25) is 23.6 Å². The van der Waals surface area contributed by atoms with Gasteiger partial charge in [0.25, 0.3) is 0 Å². The third-order valence-corrected chi connectivity index (χ3v) is 5.56. The lowest BCUT2D eigenvalue weighted by Crippen LogP contribution is -2.64. The van der Waals surface area contributed by atoms with Gasteiger partial charge in [-0.25, -0.2) is 0 Å². The zero-order valence-corrected chi connectivity index (χ0v) is 19.5. The first-order valence-electron chi connectivity index (χ1n) is 11.3. The molecule has 0 aromatic heterocycles. The lowest BCUT2D eigenvalue weighted by atomic mass is 10.1. The lowest BCUT2D eigenvalue weighted by Gasteiger charge is -2.45. The minimum atomic E-state index is -0.594. The maximum absolute atomic E-state index is 12.9. The van der Waals surface area contributed by atoms with Crippen LogP contribution in [0.1, 0.15) is 80.1 Å². The van der Waals surface area contributed by atoms with Crippen molar-refractivity contribution < 1.29 is 19.2 Å². The van der Waals surface area contributed by atoms with E-state index in [1.54, 1.807) is 23.6 Å². The molecule has 172 valence electrons. The van der Waals surface area contributed by atoms with Crippen LogP contribution in [0.4, 0.5) is 0 Å². The number of hydrogen-bond acceptors (Lipinski definition) is 4. The summed E-state index contributed by atoms with van der Waals surface area (Å²) in [4.78, 5) is 53.1. The molecule has 1 aliphatic rings. The second-order valence-electron chi connectivity index (χ2n) is 8.46. The molecule has 8 nitrogen and oxygen atoms in total. The van der Waals surface area contributed by atoms with Crippen LogP contribution in [0, 0.1) is 0 Å². The normalized spacial score (nSPS) is 21.0. The molecule has 2 unspecified atom stereocenters. The number of amides is 4. The monoisotopic (exact) mass is 424 g/mol. The van der Waals surface area contributed by atoms with Gasteiger partial charge in [0.05, 0.1) is 0 Å². The number of unbranched alkanes of at least 4 members (excludes halogenated alkanes) is 2. The van der Waals surface area contributed by atoms with Crippen molar-refractivity contribution in [1.82, 2.24) is 20.4 Å². The van der Waals surface area contributed by atoms with E-state index in [0.717, 1.165) is 25.7 Å². The molecule has 2 N–H and O–H groups in total. The number of hydrogen-bond donors (Lipinski definition) is 2. The maximum atomic E-state index is 12.9. The molecule has 1 fully saturated rings. The Morgan fingerprint density at radius 1 is 0.767 bits per heavy atom. The second kappa shape index (κ2) is 12.5. The Bertz CT molecular complexity index is 558. The molecule has 0 aromatic carbocycles. The average molecular weight is 425 g/mol. The topological polar surface area (TPSA) is 98.8 Å². The van der Waals surface area contributed by atoms with E-state index in [9.17, 15) is 19.2 Å². The molecule has 30 heavy (non-hydrogen) atoms. The Balaban J connectivity index is 2.65. The van der Waals surface area contributed by atoms with Crippen LogP contribution >= 0.6 is 0 Å². The van der Waals surface area contributed by atoms with Crippen LogP contribution in [-0.2, 0) is 19.2 Å². The van der Waals surface area contributed by atoms with Gasteiger partial charge in [0, 0.05) is 38.0 Å². The molecule has 1 saturated heterocycles. The summed E-state index contributed by atoms with van der Waals surface area (Å²) in [6.07, 6.45) is 4.30. The molecule has 1 rings (SSSR count). The van der Waals surface area contributed by atoms with Gasteiger partial charge < -0.3 is 20.4 Å². The van der Waals surface area contributed by atoms with Gasteiger partial charge in [-0.3, -0.25) is 19.2 Å². The molecule has 8 heteroatoms. The van der Waals surface area contributed by atoms with E-state index in [-0.39, 0.29) is 35.7 Å². The summed E-state index contributed by atoms with van der Waals surface area (Å²) in [6, 6.07) is -1.53. The molecular formula is C22H40N4O4. The van der Waals surface area contributed by atoms with Crippen LogP contribution in [0.5, 0.6) is 0 Å². The molecule has 4 atom stereocenters. The van der Waals surface area contributed by atoms with Crippen molar-refractivity contribution in [3.05, 3.63) is 0 Å². The zero-order valence-electron chi connectivity index (χ0n) is 19.5. The fourth-order valence-electron chi connectivity index (χ4n) is 3.66. The minimum Gasteiger partial charge on any atom is -0.345 e. The van der Waals surface area contributed by atoms with E-state index in [1.165, 1.54) is 0 Å². The quantitative estimate of drug-likeness (QED) is 0.559. The average Bonchev–Trinajstić information content (AvgIpc) is 2.70. The molecule has 0 aromatic rings. The van der Waals surface area contributed by atoms with Gasteiger partial charge in [-0.1, -0.05) is 26.7 Å². The van der Waals surface area contributed by atoms with Gasteiger partial charge >= 0.3 is 0 Å². The van der Waals surface area contributed by atoms with E-state index in [1.807, 2.05) is 27.7 Å². The Hall–Kier alpha value is -2.12. The Morgan fingerprint density at radius 3 is 1.40 bits per heavy atom. The third-order valence-electron chi connectivity index (χ3n) is 5.56. The first kappa shape index (κ1) is 25.9. The van der Waals surface area contributed by atoms with Gasteiger partial charge in [-0.15, -0.1) is 0 Å². The first-order chi connectivity index (χ1) is 14.1. The summed E-state index contributed by atoms with van der Waals surface area (Å²) in [6.45, 7) is 12.0. The number of carbonyl (C=O) groups is 4. The highest BCUT2D eigenvalue weighted by atomic mass is 16.2. The van der Waals surface area contributed by atoms with Crippen LogP contribution in [0.3, 0.4) is 0 Å². The number of carbonyl (C=O) groups excluding carboxylic acids is 4. The Labute approximate surface area is 181 Å². The van der Waals surface area contributed by atoms with Gasteiger partial charge in [0.15, 0.2) is 0 Å². The smallest absolute Gasteiger partial charge is 0.245 e. The molecule has 1 heterocycles. The van der Waals surface area contributed by atoms with Crippen molar-refractivity contribution in [2.24, 2.45) is 0 Å².